The molecule has 3 aromatic rings. The zero-order valence-electron chi connectivity index (χ0n) is 17.5. The Balaban J connectivity index is 1.76. The second kappa shape index (κ2) is 8.31. The largest absolute Gasteiger partial charge is 0.478 e. The van der Waals surface area contributed by atoms with Crippen molar-refractivity contribution >= 4 is 39.8 Å². The molecule has 0 aliphatic carbocycles. The first-order valence-electron chi connectivity index (χ1n) is 10.1. The van der Waals surface area contributed by atoms with E-state index >= 15 is 0 Å². The summed E-state index contributed by atoms with van der Waals surface area (Å²) in [6, 6.07) is 5.49. The molecule has 0 spiro atoms. The summed E-state index contributed by atoms with van der Waals surface area (Å²) in [4.78, 5) is 22.3. The highest BCUT2D eigenvalue weighted by Gasteiger charge is 2.35. The first kappa shape index (κ1) is 21.9. The lowest BCUT2D eigenvalue weighted by Gasteiger charge is -2.33. The molecule has 1 fully saturated rings. The minimum atomic E-state index is -2.71. The van der Waals surface area contributed by atoms with Crippen LogP contribution in [-0.2, 0) is 0 Å². The summed E-state index contributed by atoms with van der Waals surface area (Å²) in [6.07, 6.45) is -0.598. The highest BCUT2D eigenvalue weighted by Crippen LogP contribution is 2.34. The van der Waals surface area contributed by atoms with Crippen molar-refractivity contribution in [2.75, 3.05) is 23.3 Å². The number of carboxylic acid groups (broad SMARTS) is 1. The number of aromatic carboxylic acids is 1. The molecule has 0 bridgehead atoms. The van der Waals surface area contributed by atoms with Gasteiger partial charge in [-0.05, 0) is 25.5 Å². The number of benzene rings is 1. The van der Waals surface area contributed by atoms with Gasteiger partial charge in [-0.15, -0.1) is 11.3 Å². The van der Waals surface area contributed by atoms with Crippen molar-refractivity contribution in [1.29, 1.82) is 5.26 Å². The van der Waals surface area contributed by atoms with Gasteiger partial charge in [-0.2, -0.15) is 5.26 Å². The van der Waals surface area contributed by atoms with Crippen LogP contribution in [0.5, 0.6) is 0 Å². The number of nitriles is 1. The molecule has 10 heteroatoms. The third-order valence-corrected chi connectivity index (χ3v) is 6.30. The lowest BCUT2D eigenvalue weighted by Crippen LogP contribution is -2.40. The van der Waals surface area contributed by atoms with Crippen LogP contribution in [0.25, 0.3) is 11.0 Å². The molecule has 0 unspecified atom stereocenters. The molecular formula is C22H21F2N5O2S. The number of anilines is 2. The van der Waals surface area contributed by atoms with Gasteiger partial charge in [0.05, 0.1) is 28.3 Å². The molecule has 1 aliphatic heterocycles. The summed E-state index contributed by atoms with van der Waals surface area (Å²) in [5.74, 6) is -3.43. The zero-order chi connectivity index (χ0) is 23.0. The zero-order valence-corrected chi connectivity index (χ0v) is 18.3. The Labute approximate surface area is 187 Å². The lowest BCUT2D eigenvalue weighted by molar-refractivity contribution is -0.0221. The molecular weight excluding hydrogens is 436 g/mol. The molecule has 0 saturated carbocycles. The first-order valence-corrected chi connectivity index (χ1v) is 11.0. The van der Waals surface area contributed by atoms with Crippen molar-refractivity contribution in [2.24, 2.45) is 0 Å². The number of nitrogens with one attached hydrogen (secondary N) is 1. The maximum Gasteiger partial charge on any atom is 0.338 e. The minimum absolute atomic E-state index is 0.0910. The van der Waals surface area contributed by atoms with Crippen LogP contribution in [0.3, 0.4) is 0 Å². The maximum absolute atomic E-state index is 13.6. The molecule has 1 aliphatic rings. The quantitative estimate of drug-likeness (QED) is 0.557. The van der Waals surface area contributed by atoms with Gasteiger partial charge in [0.1, 0.15) is 6.07 Å². The van der Waals surface area contributed by atoms with Crippen molar-refractivity contribution in [3.05, 3.63) is 45.3 Å². The van der Waals surface area contributed by atoms with Gasteiger partial charge in [0.2, 0.25) is 0 Å². The highest BCUT2D eigenvalue weighted by molar-refractivity contribution is 7.08. The van der Waals surface area contributed by atoms with Crippen molar-refractivity contribution in [1.82, 2.24) is 9.97 Å². The Hall–Kier alpha value is -3.32. The van der Waals surface area contributed by atoms with E-state index in [-0.39, 0.29) is 43.2 Å². The number of hydrogen-bond donors (Lipinski definition) is 2. The molecule has 4 rings (SSSR count). The SMILES string of the molecule is Cc1cc([C@@H](C)Nc2cscc2C(=O)O)c2nc(N3CCC(F)(F)CC3)c(C#N)nc2c1. The van der Waals surface area contributed by atoms with Crippen LogP contribution in [0.4, 0.5) is 20.3 Å². The summed E-state index contributed by atoms with van der Waals surface area (Å²) >= 11 is 1.29. The van der Waals surface area contributed by atoms with Gasteiger partial charge in [-0.25, -0.2) is 23.5 Å². The van der Waals surface area contributed by atoms with Gasteiger partial charge in [-0.1, -0.05) is 6.07 Å². The Morgan fingerprint density at radius 3 is 2.69 bits per heavy atom. The molecule has 32 heavy (non-hydrogen) atoms. The van der Waals surface area contributed by atoms with Gasteiger partial charge in [0.15, 0.2) is 11.5 Å². The number of piperidine rings is 1. The summed E-state index contributed by atoms with van der Waals surface area (Å²) in [5.41, 5.74) is 3.56. The fourth-order valence-electron chi connectivity index (χ4n) is 3.88. The van der Waals surface area contributed by atoms with E-state index in [0.29, 0.717) is 22.5 Å². The van der Waals surface area contributed by atoms with Crippen LogP contribution in [0.2, 0.25) is 0 Å². The van der Waals surface area contributed by atoms with Crippen LogP contribution in [-0.4, -0.2) is 40.1 Å². The monoisotopic (exact) mass is 457 g/mol. The van der Waals surface area contributed by atoms with Crippen molar-refractivity contribution in [3.63, 3.8) is 0 Å². The number of thiophene rings is 1. The number of carboxylic acids is 1. The van der Waals surface area contributed by atoms with Gasteiger partial charge >= 0.3 is 5.97 Å². The van der Waals surface area contributed by atoms with Crippen LogP contribution in [0.15, 0.2) is 22.9 Å². The molecule has 2 N–H and O–H groups in total. The molecule has 1 atom stereocenters. The number of aromatic nitrogens is 2. The molecule has 3 heterocycles. The summed E-state index contributed by atoms with van der Waals surface area (Å²) < 4.78 is 27.3. The number of fused-ring (bicyclic) bond motifs is 1. The second-order valence-corrected chi connectivity index (χ2v) is 8.69. The third kappa shape index (κ3) is 4.21. The van der Waals surface area contributed by atoms with Gasteiger partial charge in [0, 0.05) is 42.3 Å². The number of aryl methyl sites for hydroxylation is 1. The van der Waals surface area contributed by atoms with E-state index < -0.39 is 11.9 Å². The standard InChI is InChI=1S/C22H21F2N5O2S/c1-12-7-14(13(2)26-18-11-32-10-15(18)21(30)31)19-16(8-12)27-17(9-25)20(28-19)29-5-3-22(23,24)4-6-29/h7-8,10-11,13,26H,3-6H2,1-2H3,(H,30,31)/t13-/m1/s1. The molecule has 166 valence electrons. The second-order valence-electron chi connectivity index (χ2n) is 7.94. The molecule has 0 amide bonds. The number of alkyl halides is 2. The van der Waals surface area contributed by atoms with E-state index in [2.05, 4.69) is 10.3 Å². The van der Waals surface area contributed by atoms with E-state index in [9.17, 15) is 23.9 Å². The molecule has 7 nitrogen and oxygen atoms in total. The van der Waals surface area contributed by atoms with Crippen LogP contribution >= 0.6 is 11.3 Å². The van der Waals surface area contributed by atoms with Gasteiger partial charge in [-0.3, -0.25) is 0 Å². The summed E-state index contributed by atoms with van der Waals surface area (Å²) in [5, 5.41) is 25.5. The molecule has 1 aromatic carbocycles. The Bertz CT molecular complexity index is 1230. The van der Waals surface area contributed by atoms with Gasteiger partial charge in [0.25, 0.3) is 5.92 Å². The van der Waals surface area contributed by atoms with E-state index in [1.54, 1.807) is 15.7 Å². The topological polar surface area (TPSA) is 102 Å². The number of halogens is 2. The number of hydrogen-bond acceptors (Lipinski definition) is 7. The fraction of sp³-hybridized carbons (Fsp3) is 0.364. The maximum atomic E-state index is 13.6. The fourth-order valence-corrected chi connectivity index (χ4v) is 4.64. The lowest BCUT2D eigenvalue weighted by atomic mass is 10.0. The van der Waals surface area contributed by atoms with Crippen LogP contribution in [0.1, 0.15) is 53.0 Å². The number of carbonyl (C=O) groups is 1. The minimum Gasteiger partial charge on any atom is -0.478 e. The predicted molar refractivity (Wildman–Crippen MR) is 119 cm³/mol. The first-order chi connectivity index (χ1) is 15.2. The Morgan fingerprint density at radius 2 is 2.03 bits per heavy atom. The number of nitrogens with zero attached hydrogens (tertiary/aromatic N) is 4. The molecule has 2 aromatic heterocycles. The Morgan fingerprint density at radius 1 is 1.31 bits per heavy atom. The van der Waals surface area contributed by atoms with Crippen molar-refractivity contribution < 1.29 is 18.7 Å². The molecule has 1 saturated heterocycles. The van der Waals surface area contributed by atoms with Crippen molar-refractivity contribution in [2.45, 2.75) is 38.7 Å². The Kier molecular flexibility index (Phi) is 5.69. The van der Waals surface area contributed by atoms with Crippen molar-refractivity contribution in [3.8, 4) is 6.07 Å². The summed E-state index contributed by atoms with van der Waals surface area (Å²) in [7, 11) is 0. The van der Waals surface area contributed by atoms with E-state index in [0.717, 1.165) is 11.1 Å². The van der Waals surface area contributed by atoms with E-state index in [1.807, 2.05) is 32.0 Å². The highest BCUT2D eigenvalue weighted by atomic mass is 32.1. The molecule has 0 radical (unpaired) electrons. The average Bonchev–Trinajstić information content (AvgIpc) is 3.20. The number of rotatable bonds is 5. The normalized spacial score (nSPS) is 16.5. The van der Waals surface area contributed by atoms with Gasteiger partial charge < -0.3 is 15.3 Å². The summed E-state index contributed by atoms with van der Waals surface area (Å²) in [6.45, 7) is 3.97. The predicted octanol–water partition coefficient (Wildman–Crippen LogP) is 4.98. The van der Waals surface area contributed by atoms with Crippen LogP contribution < -0.4 is 10.2 Å². The smallest absolute Gasteiger partial charge is 0.338 e. The van der Waals surface area contributed by atoms with E-state index in [1.165, 1.54) is 11.3 Å². The van der Waals surface area contributed by atoms with Crippen LogP contribution in [0, 0.1) is 18.3 Å². The van der Waals surface area contributed by atoms with E-state index in [4.69, 9.17) is 4.98 Å². The third-order valence-electron chi connectivity index (χ3n) is 5.56. The average molecular weight is 458 g/mol.